The summed E-state index contributed by atoms with van der Waals surface area (Å²) >= 11 is 0. The molecule has 110 valence electrons. The Labute approximate surface area is 129 Å². The highest BCUT2D eigenvalue weighted by atomic mass is 32.2. The maximum atomic E-state index is 12.6. The third kappa shape index (κ3) is 2.56. The van der Waals surface area contributed by atoms with Crippen LogP contribution < -0.4 is 0 Å². The lowest BCUT2D eigenvalue weighted by Crippen LogP contribution is -2.28. The SMILES string of the molecule is C=C[C@@H]1[C@@H](c2ccc3ccccc3c2)N1S(=O)C(C)(C)C. The number of rotatable bonds is 3. The monoisotopic (exact) mass is 299 g/mol. The summed E-state index contributed by atoms with van der Waals surface area (Å²) in [5, 5.41) is 2.46. The van der Waals surface area contributed by atoms with Crippen molar-refractivity contribution in [3.63, 3.8) is 0 Å². The molecular formula is C18H21NOS. The fourth-order valence-corrected chi connectivity index (χ4v) is 4.18. The van der Waals surface area contributed by atoms with Crippen molar-refractivity contribution in [1.82, 2.24) is 4.31 Å². The fraction of sp³-hybridized carbons (Fsp3) is 0.333. The van der Waals surface area contributed by atoms with Crippen molar-refractivity contribution in [2.45, 2.75) is 37.6 Å². The van der Waals surface area contributed by atoms with E-state index in [0.29, 0.717) is 0 Å². The number of nitrogens with zero attached hydrogens (tertiary/aromatic N) is 1. The van der Waals surface area contributed by atoms with Crippen LogP contribution in [0.3, 0.4) is 0 Å². The van der Waals surface area contributed by atoms with Gasteiger partial charge in [-0.1, -0.05) is 42.5 Å². The summed E-state index contributed by atoms with van der Waals surface area (Å²) in [4.78, 5) is 0. The molecule has 1 aliphatic heterocycles. The highest BCUT2D eigenvalue weighted by Gasteiger charge is 2.52. The molecule has 0 radical (unpaired) electrons. The van der Waals surface area contributed by atoms with Crippen LogP contribution in [0, 0.1) is 0 Å². The van der Waals surface area contributed by atoms with E-state index >= 15 is 0 Å². The lowest BCUT2D eigenvalue weighted by molar-refractivity contribution is 0.603. The van der Waals surface area contributed by atoms with Gasteiger partial charge in [0.1, 0.15) is 11.0 Å². The fourth-order valence-electron chi connectivity index (χ4n) is 2.73. The van der Waals surface area contributed by atoms with Gasteiger partial charge in [0.05, 0.1) is 16.8 Å². The van der Waals surface area contributed by atoms with Gasteiger partial charge in [0.15, 0.2) is 0 Å². The van der Waals surface area contributed by atoms with Gasteiger partial charge >= 0.3 is 0 Å². The summed E-state index contributed by atoms with van der Waals surface area (Å²) in [7, 11) is -1.01. The highest BCUT2D eigenvalue weighted by Crippen LogP contribution is 2.47. The molecule has 21 heavy (non-hydrogen) atoms. The Bertz CT molecular complexity index is 716. The first-order valence-electron chi connectivity index (χ1n) is 7.25. The van der Waals surface area contributed by atoms with Crippen LogP contribution in [0.1, 0.15) is 32.4 Å². The van der Waals surface area contributed by atoms with Crippen molar-refractivity contribution >= 4 is 21.8 Å². The third-order valence-electron chi connectivity index (χ3n) is 3.87. The first kappa shape index (κ1) is 14.5. The van der Waals surface area contributed by atoms with Crippen molar-refractivity contribution in [2.75, 3.05) is 0 Å². The Morgan fingerprint density at radius 2 is 1.81 bits per heavy atom. The van der Waals surface area contributed by atoms with Gasteiger partial charge in [-0.2, -0.15) is 0 Å². The Morgan fingerprint density at radius 1 is 1.14 bits per heavy atom. The molecule has 1 saturated heterocycles. The second kappa shape index (κ2) is 5.08. The van der Waals surface area contributed by atoms with E-state index in [4.69, 9.17) is 0 Å². The van der Waals surface area contributed by atoms with E-state index in [0.717, 1.165) is 0 Å². The van der Waals surface area contributed by atoms with Gasteiger partial charge in [0.2, 0.25) is 0 Å². The number of benzene rings is 2. The molecule has 0 bridgehead atoms. The molecule has 3 rings (SSSR count). The standard InChI is InChI=1S/C18H21NOS/c1-5-16-17(19(16)21(20)18(2,3)4)15-11-10-13-8-6-7-9-14(13)12-15/h5-12,16-17H,1H2,2-4H3/t16-,17-,19?,21?/m1/s1. The molecule has 2 nitrogen and oxygen atoms in total. The minimum absolute atomic E-state index is 0.172. The van der Waals surface area contributed by atoms with Gasteiger partial charge in [-0.15, -0.1) is 6.58 Å². The van der Waals surface area contributed by atoms with Gasteiger partial charge in [0, 0.05) is 0 Å². The van der Waals surface area contributed by atoms with Crippen molar-refractivity contribution in [2.24, 2.45) is 0 Å². The van der Waals surface area contributed by atoms with Crippen LogP contribution in [-0.4, -0.2) is 19.3 Å². The first-order chi connectivity index (χ1) is 9.93. The van der Waals surface area contributed by atoms with E-state index in [1.165, 1.54) is 16.3 Å². The van der Waals surface area contributed by atoms with Gasteiger partial charge < -0.3 is 0 Å². The minimum atomic E-state index is -1.01. The zero-order valence-electron chi connectivity index (χ0n) is 12.7. The maximum Gasteiger partial charge on any atom is 0.101 e. The molecule has 0 amide bonds. The van der Waals surface area contributed by atoms with Gasteiger partial charge in [-0.25, -0.2) is 8.51 Å². The molecule has 4 atom stereocenters. The molecule has 0 N–H and O–H groups in total. The normalized spacial score (nSPS) is 26.5. The molecule has 0 aromatic heterocycles. The molecule has 2 aromatic carbocycles. The Balaban J connectivity index is 1.95. The van der Waals surface area contributed by atoms with Crippen LogP contribution in [0.4, 0.5) is 0 Å². The topological polar surface area (TPSA) is 20.1 Å². The van der Waals surface area contributed by atoms with E-state index < -0.39 is 11.0 Å². The van der Waals surface area contributed by atoms with E-state index in [1.54, 1.807) is 0 Å². The smallest absolute Gasteiger partial charge is 0.101 e. The maximum absolute atomic E-state index is 12.6. The summed E-state index contributed by atoms with van der Waals surface area (Å²) in [5.41, 5.74) is 1.22. The lowest BCUT2D eigenvalue weighted by atomic mass is 10.0. The van der Waals surface area contributed by atoms with Crippen LogP contribution in [0.5, 0.6) is 0 Å². The molecule has 1 heterocycles. The van der Waals surface area contributed by atoms with Crippen LogP contribution in [0.2, 0.25) is 0 Å². The lowest BCUT2D eigenvalue weighted by Gasteiger charge is -2.18. The van der Waals surface area contributed by atoms with Crippen molar-refractivity contribution < 1.29 is 4.21 Å². The Hall–Kier alpha value is -1.45. The third-order valence-corrected chi connectivity index (χ3v) is 5.77. The number of fused-ring (bicyclic) bond motifs is 1. The summed E-state index contributed by atoms with van der Waals surface area (Å²) in [6, 6.07) is 15.2. The van der Waals surface area contributed by atoms with E-state index in [9.17, 15) is 4.21 Å². The molecule has 1 fully saturated rings. The van der Waals surface area contributed by atoms with Crippen LogP contribution in [0.15, 0.2) is 55.1 Å². The average molecular weight is 299 g/mol. The Morgan fingerprint density at radius 3 is 2.43 bits per heavy atom. The Kier molecular flexibility index (Phi) is 3.50. The summed E-state index contributed by atoms with van der Waals surface area (Å²) < 4.78 is 14.4. The molecule has 2 unspecified atom stereocenters. The molecular weight excluding hydrogens is 278 g/mol. The minimum Gasteiger partial charge on any atom is -0.242 e. The number of hydrogen-bond acceptors (Lipinski definition) is 1. The van der Waals surface area contributed by atoms with Crippen LogP contribution >= 0.6 is 0 Å². The molecule has 0 aliphatic carbocycles. The zero-order chi connectivity index (χ0) is 15.2. The van der Waals surface area contributed by atoms with Crippen LogP contribution in [0.25, 0.3) is 10.8 Å². The predicted molar refractivity (Wildman–Crippen MR) is 90.4 cm³/mol. The summed E-state index contributed by atoms with van der Waals surface area (Å²) in [6.45, 7) is 9.94. The largest absolute Gasteiger partial charge is 0.242 e. The quantitative estimate of drug-likeness (QED) is 0.614. The molecule has 0 saturated carbocycles. The molecule has 0 spiro atoms. The first-order valence-corrected chi connectivity index (χ1v) is 8.36. The van der Waals surface area contributed by atoms with Crippen molar-refractivity contribution in [1.29, 1.82) is 0 Å². The average Bonchev–Trinajstić information content (AvgIpc) is 3.19. The molecule has 1 aliphatic rings. The van der Waals surface area contributed by atoms with Crippen LogP contribution in [-0.2, 0) is 11.0 Å². The zero-order valence-corrected chi connectivity index (χ0v) is 13.6. The molecule has 2 aromatic rings. The van der Waals surface area contributed by atoms with Gasteiger partial charge in [-0.3, -0.25) is 0 Å². The van der Waals surface area contributed by atoms with Crippen molar-refractivity contribution in [3.05, 3.63) is 60.7 Å². The van der Waals surface area contributed by atoms with E-state index in [-0.39, 0.29) is 16.8 Å². The summed E-state index contributed by atoms with van der Waals surface area (Å²) in [5.74, 6) is 0. The second-order valence-electron chi connectivity index (χ2n) is 6.50. The second-order valence-corrected chi connectivity index (χ2v) is 8.64. The molecule has 3 heteroatoms. The van der Waals surface area contributed by atoms with E-state index in [1.807, 2.05) is 32.9 Å². The van der Waals surface area contributed by atoms with Gasteiger partial charge in [0.25, 0.3) is 0 Å². The highest BCUT2D eigenvalue weighted by molar-refractivity contribution is 7.84. The number of hydrogen-bond donors (Lipinski definition) is 0. The van der Waals surface area contributed by atoms with E-state index in [2.05, 4.69) is 47.3 Å². The van der Waals surface area contributed by atoms with Gasteiger partial charge in [-0.05, 0) is 43.2 Å². The van der Waals surface area contributed by atoms with Crippen molar-refractivity contribution in [3.8, 4) is 0 Å². The summed E-state index contributed by atoms with van der Waals surface area (Å²) in [6.07, 6.45) is 1.91. The predicted octanol–water partition coefficient (Wildman–Crippen LogP) is 4.21.